The van der Waals surface area contributed by atoms with Crippen LogP contribution in [0.3, 0.4) is 0 Å². The van der Waals surface area contributed by atoms with Gasteiger partial charge in [0.25, 0.3) is 0 Å². The fourth-order valence-corrected chi connectivity index (χ4v) is 2.36. The summed E-state index contributed by atoms with van der Waals surface area (Å²) in [5.41, 5.74) is 0.723. The van der Waals surface area contributed by atoms with Crippen LogP contribution in [-0.4, -0.2) is 39.4 Å². The topological polar surface area (TPSA) is 101 Å². The summed E-state index contributed by atoms with van der Waals surface area (Å²) in [4.78, 5) is 8.51. The smallest absolute Gasteiger partial charge is 0.237 e. The number of aryl methyl sites for hydroxylation is 1. The number of halogens is 1. The molecule has 0 saturated carbocycles. The van der Waals surface area contributed by atoms with Gasteiger partial charge in [-0.2, -0.15) is 15.3 Å². The van der Waals surface area contributed by atoms with Crippen molar-refractivity contribution in [3.63, 3.8) is 0 Å². The average molecular weight is 362 g/mol. The van der Waals surface area contributed by atoms with Crippen LogP contribution in [0.15, 0.2) is 12.4 Å². The van der Waals surface area contributed by atoms with Crippen molar-refractivity contribution in [1.29, 1.82) is 5.26 Å². The van der Waals surface area contributed by atoms with E-state index in [0.717, 1.165) is 24.5 Å². The van der Waals surface area contributed by atoms with E-state index in [4.69, 9.17) is 16.3 Å². The first-order valence-corrected chi connectivity index (χ1v) is 8.38. The lowest BCUT2D eigenvalue weighted by Gasteiger charge is -2.26. The predicted molar refractivity (Wildman–Crippen MR) is 94.1 cm³/mol. The van der Waals surface area contributed by atoms with Crippen molar-refractivity contribution >= 4 is 23.2 Å². The van der Waals surface area contributed by atoms with E-state index in [-0.39, 0.29) is 0 Å². The number of aromatic nitrogens is 4. The van der Waals surface area contributed by atoms with Gasteiger partial charge in [-0.15, -0.1) is 0 Å². The zero-order valence-electron chi connectivity index (χ0n) is 14.4. The van der Waals surface area contributed by atoms with Crippen LogP contribution in [0, 0.1) is 24.2 Å². The summed E-state index contributed by atoms with van der Waals surface area (Å²) in [6, 6.07) is 2.22. The van der Waals surface area contributed by atoms with Gasteiger partial charge in [0.1, 0.15) is 10.6 Å². The lowest BCUT2D eigenvalue weighted by Crippen LogP contribution is -2.45. The highest BCUT2D eigenvalue weighted by Gasteiger charge is 2.22. The molecule has 132 valence electrons. The summed E-state index contributed by atoms with van der Waals surface area (Å²) in [6.45, 7) is 7.90. The number of anilines is 2. The molecule has 3 rings (SSSR count). The van der Waals surface area contributed by atoms with E-state index in [0.29, 0.717) is 29.4 Å². The lowest BCUT2D eigenvalue weighted by atomic mass is 10.1. The van der Waals surface area contributed by atoms with Crippen LogP contribution in [0.2, 0.25) is 5.02 Å². The Morgan fingerprint density at radius 3 is 2.92 bits per heavy atom. The third-order valence-corrected chi connectivity index (χ3v) is 4.28. The molecule has 8 nitrogen and oxygen atoms in total. The Balaban J connectivity index is 1.75. The van der Waals surface area contributed by atoms with Crippen molar-refractivity contribution in [1.82, 2.24) is 25.1 Å². The minimum Gasteiger partial charge on any atom is -0.476 e. The van der Waals surface area contributed by atoms with Gasteiger partial charge < -0.3 is 15.4 Å². The summed E-state index contributed by atoms with van der Waals surface area (Å²) in [5.74, 6) is 1.20. The van der Waals surface area contributed by atoms with E-state index in [2.05, 4.69) is 31.8 Å². The van der Waals surface area contributed by atoms with Gasteiger partial charge in [0, 0.05) is 19.0 Å². The van der Waals surface area contributed by atoms with Crippen LogP contribution in [0.5, 0.6) is 5.88 Å². The molecule has 0 radical (unpaired) electrons. The van der Waals surface area contributed by atoms with Crippen molar-refractivity contribution in [2.24, 2.45) is 5.92 Å². The maximum Gasteiger partial charge on any atom is 0.237 e. The van der Waals surface area contributed by atoms with E-state index >= 15 is 0 Å². The number of nitrogens with zero attached hydrogens (tertiary/aromatic N) is 5. The number of nitrogens with one attached hydrogen (secondary N) is 2. The molecular weight excluding hydrogens is 342 g/mol. The van der Waals surface area contributed by atoms with Gasteiger partial charge in [-0.1, -0.05) is 11.6 Å². The maximum absolute atomic E-state index is 9.24. The summed E-state index contributed by atoms with van der Waals surface area (Å²) in [6.07, 6.45) is 3.27. The number of rotatable bonds is 6. The van der Waals surface area contributed by atoms with Crippen molar-refractivity contribution in [3.05, 3.63) is 23.1 Å². The Morgan fingerprint density at radius 2 is 2.28 bits per heavy atom. The summed E-state index contributed by atoms with van der Waals surface area (Å²) >= 11 is 6.11. The molecule has 0 amide bonds. The van der Waals surface area contributed by atoms with Crippen LogP contribution in [0.4, 0.5) is 11.6 Å². The highest BCUT2D eigenvalue weighted by Crippen LogP contribution is 2.26. The van der Waals surface area contributed by atoms with Gasteiger partial charge in [-0.3, -0.25) is 4.68 Å². The van der Waals surface area contributed by atoms with E-state index in [1.165, 1.54) is 6.20 Å². The van der Waals surface area contributed by atoms with Crippen molar-refractivity contribution < 1.29 is 4.74 Å². The van der Waals surface area contributed by atoms with Gasteiger partial charge in [0.05, 0.1) is 36.5 Å². The fourth-order valence-electron chi connectivity index (χ4n) is 2.22. The Hall–Kier alpha value is -2.37. The number of hydrogen-bond donors (Lipinski definition) is 2. The average Bonchev–Trinajstić information content (AvgIpc) is 2.90. The van der Waals surface area contributed by atoms with E-state index < -0.39 is 5.54 Å². The molecule has 0 unspecified atom stereocenters. The van der Waals surface area contributed by atoms with E-state index in [1.54, 1.807) is 24.7 Å². The standard InChI is InChI=1S/C16H20ClN7O/c1-10-13(7-24(23-10)16(2,3)9-18)21-15-20-6-12(17)14(22-15)25-8-11-4-19-5-11/h6-7,11,19H,4-5,8H2,1-3H3,(H,20,21,22). The Kier molecular flexibility index (Phi) is 4.79. The van der Waals surface area contributed by atoms with Gasteiger partial charge in [0.15, 0.2) is 0 Å². The van der Waals surface area contributed by atoms with Crippen LogP contribution in [0.25, 0.3) is 0 Å². The van der Waals surface area contributed by atoms with Crippen LogP contribution >= 0.6 is 11.6 Å². The van der Waals surface area contributed by atoms with E-state index in [9.17, 15) is 5.26 Å². The molecule has 25 heavy (non-hydrogen) atoms. The zero-order chi connectivity index (χ0) is 18.0. The first-order valence-electron chi connectivity index (χ1n) is 8.00. The summed E-state index contributed by atoms with van der Waals surface area (Å²) in [7, 11) is 0. The minimum absolute atomic E-state index is 0.355. The number of nitriles is 1. The second-order valence-corrected chi connectivity index (χ2v) is 6.96. The molecule has 0 aliphatic carbocycles. The second kappa shape index (κ2) is 6.86. The van der Waals surface area contributed by atoms with Gasteiger partial charge in [-0.25, -0.2) is 4.98 Å². The largest absolute Gasteiger partial charge is 0.476 e. The molecular formula is C16H20ClN7O. The molecule has 1 saturated heterocycles. The molecule has 3 heterocycles. The van der Waals surface area contributed by atoms with Gasteiger partial charge >= 0.3 is 0 Å². The van der Waals surface area contributed by atoms with Crippen molar-refractivity contribution in [3.8, 4) is 11.9 Å². The second-order valence-electron chi connectivity index (χ2n) is 6.55. The SMILES string of the molecule is Cc1nn(C(C)(C)C#N)cc1Nc1ncc(Cl)c(OCC2CNC2)n1. The highest BCUT2D eigenvalue weighted by atomic mass is 35.5. The number of ether oxygens (including phenoxy) is 1. The molecule has 1 aliphatic rings. The molecule has 2 aromatic rings. The summed E-state index contributed by atoms with van der Waals surface area (Å²) in [5, 5.41) is 20.3. The lowest BCUT2D eigenvalue weighted by molar-refractivity contribution is 0.193. The first-order chi connectivity index (χ1) is 11.9. The molecule has 2 N–H and O–H groups in total. The Morgan fingerprint density at radius 1 is 1.52 bits per heavy atom. The van der Waals surface area contributed by atoms with E-state index in [1.807, 2.05) is 6.92 Å². The van der Waals surface area contributed by atoms with Crippen molar-refractivity contribution in [2.75, 3.05) is 25.0 Å². The molecule has 0 atom stereocenters. The number of hydrogen-bond acceptors (Lipinski definition) is 7. The monoisotopic (exact) mass is 361 g/mol. The molecule has 0 aromatic carbocycles. The molecule has 1 aliphatic heterocycles. The predicted octanol–water partition coefficient (Wildman–Crippen LogP) is 2.24. The molecule has 9 heteroatoms. The third kappa shape index (κ3) is 3.83. The maximum atomic E-state index is 9.24. The first kappa shape index (κ1) is 17.5. The highest BCUT2D eigenvalue weighted by molar-refractivity contribution is 6.31. The quantitative estimate of drug-likeness (QED) is 0.813. The van der Waals surface area contributed by atoms with Crippen LogP contribution in [0.1, 0.15) is 19.5 Å². The molecule has 2 aromatic heterocycles. The van der Waals surface area contributed by atoms with Crippen LogP contribution < -0.4 is 15.4 Å². The molecule has 1 fully saturated rings. The van der Waals surface area contributed by atoms with Gasteiger partial charge in [-0.05, 0) is 20.8 Å². The Bertz CT molecular complexity index is 807. The van der Waals surface area contributed by atoms with Crippen LogP contribution in [-0.2, 0) is 5.54 Å². The zero-order valence-corrected chi connectivity index (χ0v) is 15.1. The van der Waals surface area contributed by atoms with Gasteiger partial charge in [0.2, 0.25) is 11.8 Å². The normalized spacial score (nSPS) is 14.7. The molecule has 0 spiro atoms. The molecule has 0 bridgehead atoms. The summed E-state index contributed by atoms with van der Waals surface area (Å²) < 4.78 is 7.31. The fraction of sp³-hybridized carbons (Fsp3) is 0.500. The van der Waals surface area contributed by atoms with Crippen molar-refractivity contribution in [2.45, 2.75) is 26.3 Å². The minimum atomic E-state index is -0.739. The Labute approximate surface area is 151 Å². The third-order valence-electron chi connectivity index (χ3n) is 4.03.